The van der Waals surface area contributed by atoms with Crippen molar-refractivity contribution < 1.29 is 17.4 Å². The minimum absolute atomic E-state index is 0.0289. The molecule has 24 heavy (non-hydrogen) atoms. The van der Waals surface area contributed by atoms with E-state index in [9.17, 15) is 13.2 Å². The topological polar surface area (TPSA) is 63.7 Å². The normalized spacial score (nSPS) is 17.1. The molecule has 2 aromatic rings. The number of nitrogens with zero attached hydrogens (tertiary/aromatic N) is 1. The third kappa shape index (κ3) is 3.66. The highest BCUT2D eigenvalue weighted by molar-refractivity contribution is 7.85. The van der Waals surface area contributed by atoms with E-state index in [-0.39, 0.29) is 18.6 Å². The Morgan fingerprint density at radius 1 is 1.04 bits per heavy atom. The van der Waals surface area contributed by atoms with Gasteiger partial charge in [-0.25, -0.2) is 0 Å². The van der Waals surface area contributed by atoms with E-state index in [0.717, 1.165) is 17.4 Å². The minimum Gasteiger partial charge on any atom is -0.327 e. The SMILES string of the molecule is CS(=O)(=O)OCCC1c2ccccc2C(=O)N1Cc1ccccc1. The molecule has 3 rings (SSSR count). The minimum atomic E-state index is -3.49. The summed E-state index contributed by atoms with van der Waals surface area (Å²) in [6.45, 7) is 0.536. The molecule has 1 atom stereocenters. The van der Waals surface area contributed by atoms with Crippen molar-refractivity contribution >= 4 is 16.0 Å². The first-order valence-electron chi connectivity index (χ1n) is 7.74. The van der Waals surface area contributed by atoms with Crippen LogP contribution in [0.1, 0.15) is 33.9 Å². The first-order valence-corrected chi connectivity index (χ1v) is 9.55. The summed E-state index contributed by atoms with van der Waals surface area (Å²) < 4.78 is 27.2. The number of benzene rings is 2. The molecule has 1 aliphatic rings. The van der Waals surface area contributed by atoms with Gasteiger partial charge in [0.05, 0.1) is 18.9 Å². The molecule has 5 nitrogen and oxygen atoms in total. The Kier molecular flexibility index (Phi) is 4.69. The van der Waals surface area contributed by atoms with Gasteiger partial charge in [-0.2, -0.15) is 8.42 Å². The molecule has 6 heteroatoms. The van der Waals surface area contributed by atoms with Crippen LogP contribution in [0.15, 0.2) is 54.6 Å². The number of carbonyl (C=O) groups excluding carboxylic acids is 1. The van der Waals surface area contributed by atoms with Gasteiger partial charge in [0.1, 0.15) is 0 Å². The van der Waals surface area contributed by atoms with Crippen LogP contribution in [0.25, 0.3) is 0 Å². The van der Waals surface area contributed by atoms with Gasteiger partial charge in [-0.05, 0) is 23.6 Å². The molecule has 0 bridgehead atoms. The fraction of sp³-hybridized carbons (Fsp3) is 0.278. The zero-order chi connectivity index (χ0) is 17.2. The van der Waals surface area contributed by atoms with E-state index in [1.54, 1.807) is 4.90 Å². The highest BCUT2D eigenvalue weighted by Crippen LogP contribution is 2.36. The van der Waals surface area contributed by atoms with Gasteiger partial charge in [0.15, 0.2) is 0 Å². The molecule has 1 amide bonds. The van der Waals surface area contributed by atoms with E-state index in [2.05, 4.69) is 0 Å². The Morgan fingerprint density at radius 3 is 2.42 bits per heavy atom. The second-order valence-electron chi connectivity index (χ2n) is 5.84. The highest BCUT2D eigenvalue weighted by atomic mass is 32.2. The number of fused-ring (bicyclic) bond motifs is 1. The van der Waals surface area contributed by atoms with Gasteiger partial charge in [-0.15, -0.1) is 0 Å². The fourth-order valence-corrected chi connectivity index (χ4v) is 3.43. The van der Waals surface area contributed by atoms with E-state index in [1.165, 1.54) is 0 Å². The van der Waals surface area contributed by atoms with Crippen LogP contribution in [-0.4, -0.2) is 32.1 Å². The quantitative estimate of drug-likeness (QED) is 0.755. The van der Waals surface area contributed by atoms with Crippen LogP contribution in [-0.2, 0) is 20.8 Å². The van der Waals surface area contributed by atoms with Crippen molar-refractivity contribution in [2.45, 2.75) is 19.0 Å². The summed E-state index contributed by atoms with van der Waals surface area (Å²) in [4.78, 5) is 14.5. The van der Waals surface area contributed by atoms with Gasteiger partial charge in [-0.1, -0.05) is 48.5 Å². The number of carbonyl (C=O) groups is 1. The van der Waals surface area contributed by atoms with Crippen molar-refractivity contribution in [2.24, 2.45) is 0 Å². The smallest absolute Gasteiger partial charge is 0.264 e. The molecular formula is C18H19NO4S. The molecule has 1 unspecified atom stereocenters. The Balaban J connectivity index is 1.84. The van der Waals surface area contributed by atoms with E-state index in [0.29, 0.717) is 18.5 Å². The Morgan fingerprint density at radius 2 is 1.71 bits per heavy atom. The Bertz CT molecular complexity index is 833. The van der Waals surface area contributed by atoms with Crippen LogP contribution in [0.3, 0.4) is 0 Å². The molecule has 0 N–H and O–H groups in total. The number of amides is 1. The van der Waals surface area contributed by atoms with Crippen LogP contribution in [0, 0.1) is 0 Å². The molecule has 0 spiro atoms. The second-order valence-corrected chi connectivity index (χ2v) is 7.48. The first-order chi connectivity index (χ1) is 11.5. The van der Waals surface area contributed by atoms with Crippen molar-refractivity contribution in [1.82, 2.24) is 4.90 Å². The third-order valence-corrected chi connectivity index (χ3v) is 4.67. The maximum absolute atomic E-state index is 12.7. The molecule has 0 aromatic heterocycles. The van der Waals surface area contributed by atoms with Gasteiger partial charge in [0.2, 0.25) is 0 Å². The fourth-order valence-electron chi connectivity index (χ4n) is 3.03. The lowest BCUT2D eigenvalue weighted by Crippen LogP contribution is -2.28. The molecular weight excluding hydrogens is 326 g/mol. The van der Waals surface area contributed by atoms with Gasteiger partial charge in [0.25, 0.3) is 16.0 Å². The predicted octanol–water partition coefficient (Wildman–Crippen LogP) is 2.75. The van der Waals surface area contributed by atoms with Gasteiger partial charge < -0.3 is 4.90 Å². The molecule has 2 aromatic carbocycles. The largest absolute Gasteiger partial charge is 0.327 e. The molecule has 0 fully saturated rings. The van der Waals surface area contributed by atoms with E-state index in [4.69, 9.17) is 4.18 Å². The zero-order valence-electron chi connectivity index (χ0n) is 13.4. The van der Waals surface area contributed by atoms with Crippen molar-refractivity contribution in [3.63, 3.8) is 0 Å². The molecule has 0 saturated heterocycles. The summed E-state index contributed by atoms with van der Waals surface area (Å²) >= 11 is 0. The molecule has 0 saturated carbocycles. The summed E-state index contributed by atoms with van der Waals surface area (Å²) in [6, 6.07) is 17.0. The van der Waals surface area contributed by atoms with Crippen molar-refractivity contribution in [1.29, 1.82) is 0 Å². The third-order valence-electron chi connectivity index (χ3n) is 4.07. The van der Waals surface area contributed by atoms with Crippen LogP contribution < -0.4 is 0 Å². The number of hydrogen-bond donors (Lipinski definition) is 0. The van der Waals surface area contributed by atoms with Crippen LogP contribution in [0.2, 0.25) is 0 Å². The number of hydrogen-bond acceptors (Lipinski definition) is 4. The molecule has 126 valence electrons. The van der Waals surface area contributed by atoms with Crippen molar-refractivity contribution in [3.05, 3.63) is 71.3 Å². The van der Waals surface area contributed by atoms with Crippen LogP contribution >= 0.6 is 0 Å². The van der Waals surface area contributed by atoms with E-state index in [1.807, 2.05) is 54.6 Å². The van der Waals surface area contributed by atoms with E-state index >= 15 is 0 Å². The molecule has 1 heterocycles. The summed E-state index contributed by atoms with van der Waals surface area (Å²) in [5, 5.41) is 0. The van der Waals surface area contributed by atoms with Gasteiger partial charge >= 0.3 is 0 Å². The monoisotopic (exact) mass is 345 g/mol. The second kappa shape index (κ2) is 6.75. The molecule has 0 radical (unpaired) electrons. The predicted molar refractivity (Wildman–Crippen MR) is 90.9 cm³/mol. The van der Waals surface area contributed by atoms with Gasteiger partial charge in [0, 0.05) is 12.1 Å². The maximum Gasteiger partial charge on any atom is 0.264 e. The lowest BCUT2D eigenvalue weighted by molar-refractivity contribution is 0.0689. The Labute approximate surface area is 142 Å². The van der Waals surface area contributed by atoms with Crippen LogP contribution in [0.4, 0.5) is 0 Å². The van der Waals surface area contributed by atoms with E-state index < -0.39 is 10.1 Å². The highest BCUT2D eigenvalue weighted by Gasteiger charge is 2.36. The summed E-state index contributed by atoms with van der Waals surface area (Å²) in [6.07, 6.45) is 1.46. The maximum atomic E-state index is 12.7. The number of rotatable bonds is 6. The average molecular weight is 345 g/mol. The Hall–Kier alpha value is -2.18. The van der Waals surface area contributed by atoms with Crippen LogP contribution in [0.5, 0.6) is 0 Å². The zero-order valence-corrected chi connectivity index (χ0v) is 14.2. The van der Waals surface area contributed by atoms with Gasteiger partial charge in [-0.3, -0.25) is 8.98 Å². The first kappa shape index (κ1) is 16.7. The summed E-state index contributed by atoms with van der Waals surface area (Å²) in [5.41, 5.74) is 2.64. The summed E-state index contributed by atoms with van der Waals surface area (Å²) in [7, 11) is -3.49. The van der Waals surface area contributed by atoms with Crippen molar-refractivity contribution in [3.8, 4) is 0 Å². The lowest BCUT2D eigenvalue weighted by Gasteiger charge is -2.25. The average Bonchev–Trinajstić information content (AvgIpc) is 2.81. The molecule has 1 aliphatic heterocycles. The molecule has 0 aliphatic carbocycles. The lowest BCUT2D eigenvalue weighted by atomic mass is 10.0. The standard InChI is InChI=1S/C18H19NO4S/c1-24(21,22)23-12-11-17-15-9-5-6-10-16(15)18(20)19(17)13-14-7-3-2-4-8-14/h2-10,17H,11-13H2,1H3. The summed E-state index contributed by atoms with van der Waals surface area (Å²) in [5.74, 6) is -0.0289. The van der Waals surface area contributed by atoms with Crippen molar-refractivity contribution in [2.75, 3.05) is 12.9 Å².